The molecule has 0 saturated heterocycles. The molecule has 0 bridgehead atoms. The Balaban J connectivity index is 3.65. The van der Waals surface area contributed by atoms with Gasteiger partial charge in [-0.15, -0.1) is 0 Å². The largest absolute Gasteiger partial charge is 0.355 e. The van der Waals surface area contributed by atoms with Crippen LogP contribution >= 0.6 is 0 Å². The van der Waals surface area contributed by atoms with Crippen molar-refractivity contribution in [1.82, 2.24) is 10.6 Å². The maximum Gasteiger partial charge on any atom is 0.239 e. The smallest absolute Gasteiger partial charge is 0.239 e. The lowest BCUT2D eigenvalue weighted by molar-refractivity contribution is -0.127. The van der Waals surface area contributed by atoms with E-state index in [1.165, 1.54) is 0 Å². The summed E-state index contributed by atoms with van der Waals surface area (Å²) in [5.41, 5.74) is 5.63. The van der Waals surface area contributed by atoms with Gasteiger partial charge in [-0.05, 0) is 18.8 Å². The first-order valence-electron chi connectivity index (χ1n) is 6.16. The summed E-state index contributed by atoms with van der Waals surface area (Å²) in [4.78, 5) is 22.8. The zero-order valence-electron chi connectivity index (χ0n) is 11.0. The van der Waals surface area contributed by atoms with Crippen LogP contribution in [0.2, 0.25) is 0 Å². The molecule has 0 aromatic carbocycles. The number of unbranched alkanes of at least 4 members (excludes halogenated alkanes) is 2. The molecule has 0 aromatic heterocycles. The Morgan fingerprint density at radius 1 is 1.28 bits per heavy atom. The average molecular weight is 254 g/mol. The number of amides is 2. The molecule has 0 heterocycles. The average Bonchev–Trinajstić information content (AvgIpc) is 2.34. The first-order chi connectivity index (χ1) is 8.49. The molecule has 102 valence electrons. The molecule has 0 fully saturated rings. The first kappa shape index (κ1) is 16.4. The van der Waals surface area contributed by atoms with Crippen LogP contribution in [0.3, 0.4) is 0 Å². The monoisotopic (exact) mass is 254 g/mol. The van der Waals surface area contributed by atoms with Gasteiger partial charge in [0.25, 0.3) is 0 Å². The first-order valence-corrected chi connectivity index (χ1v) is 6.16. The van der Waals surface area contributed by atoms with Crippen molar-refractivity contribution in [2.45, 2.75) is 39.2 Å². The maximum absolute atomic E-state index is 11.5. The van der Waals surface area contributed by atoms with Gasteiger partial charge in [0.05, 0.1) is 18.7 Å². The fourth-order valence-electron chi connectivity index (χ4n) is 1.21. The van der Waals surface area contributed by atoms with Gasteiger partial charge >= 0.3 is 0 Å². The SMILES string of the molecule is CC(C)[C@H](N)C(=O)NCC(=O)NCCCCC#N. The maximum atomic E-state index is 11.5. The van der Waals surface area contributed by atoms with Crippen LogP contribution in [-0.2, 0) is 9.59 Å². The fraction of sp³-hybridized carbons (Fsp3) is 0.750. The van der Waals surface area contributed by atoms with Gasteiger partial charge in [0.15, 0.2) is 0 Å². The quantitative estimate of drug-likeness (QED) is 0.525. The second kappa shape index (κ2) is 9.42. The molecule has 0 saturated carbocycles. The van der Waals surface area contributed by atoms with Crippen molar-refractivity contribution >= 4 is 11.8 Å². The van der Waals surface area contributed by atoms with Gasteiger partial charge < -0.3 is 16.4 Å². The number of carbonyl (C=O) groups excluding carboxylic acids is 2. The molecule has 0 rings (SSSR count). The molecular weight excluding hydrogens is 232 g/mol. The summed E-state index contributed by atoms with van der Waals surface area (Å²) in [7, 11) is 0. The van der Waals surface area contributed by atoms with Crippen LogP contribution in [0.5, 0.6) is 0 Å². The van der Waals surface area contributed by atoms with Crippen molar-refractivity contribution in [3.05, 3.63) is 0 Å². The Hall–Kier alpha value is -1.61. The summed E-state index contributed by atoms with van der Waals surface area (Å²) < 4.78 is 0. The molecule has 0 aliphatic heterocycles. The number of nitrogens with one attached hydrogen (secondary N) is 2. The van der Waals surface area contributed by atoms with Crippen LogP contribution in [0.25, 0.3) is 0 Å². The third kappa shape index (κ3) is 7.63. The summed E-state index contributed by atoms with van der Waals surface area (Å²) >= 11 is 0. The number of rotatable bonds is 8. The minimum atomic E-state index is -0.589. The highest BCUT2D eigenvalue weighted by Crippen LogP contribution is 1.97. The van der Waals surface area contributed by atoms with Crippen LogP contribution < -0.4 is 16.4 Å². The van der Waals surface area contributed by atoms with Gasteiger partial charge in [0.1, 0.15) is 0 Å². The van der Waals surface area contributed by atoms with Gasteiger partial charge in [-0.2, -0.15) is 5.26 Å². The highest BCUT2D eigenvalue weighted by atomic mass is 16.2. The lowest BCUT2D eigenvalue weighted by atomic mass is 10.1. The summed E-state index contributed by atoms with van der Waals surface area (Å²) in [5.74, 6) is -0.514. The Morgan fingerprint density at radius 3 is 2.50 bits per heavy atom. The third-order valence-corrected chi connectivity index (χ3v) is 2.48. The van der Waals surface area contributed by atoms with Crippen molar-refractivity contribution in [2.24, 2.45) is 11.7 Å². The number of hydrogen-bond acceptors (Lipinski definition) is 4. The molecule has 0 aliphatic carbocycles. The third-order valence-electron chi connectivity index (χ3n) is 2.48. The molecule has 1 atom stereocenters. The predicted molar refractivity (Wildman–Crippen MR) is 68.3 cm³/mol. The molecular formula is C12H22N4O2. The zero-order valence-corrected chi connectivity index (χ0v) is 11.0. The number of nitriles is 1. The minimum absolute atomic E-state index is 0.0408. The highest BCUT2D eigenvalue weighted by molar-refractivity contribution is 5.87. The Morgan fingerprint density at radius 2 is 1.94 bits per heavy atom. The normalized spacial score (nSPS) is 11.7. The van der Waals surface area contributed by atoms with Crippen LogP contribution in [0.15, 0.2) is 0 Å². The van der Waals surface area contributed by atoms with Gasteiger partial charge in [0, 0.05) is 13.0 Å². The van der Waals surface area contributed by atoms with E-state index in [2.05, 4.69) is 10.6 Å². The number of nitrogens with two attached hydrogens (primary N) is 1. The van der Waals surface area contributed by atoms with Crippen LogP contribution in [0.1, 0.15) is 33.1 Å². The van der Waals surface area contributed by atoms with Crippen LogP contribution in [-0.4, -0.2) is 30.9 Å². The highest BCUT2D eigenvalue weighted by Gasteiger charge is 2.17. The molecule has 0 spiro atoms. The summed E-state index contributed by atoms with van der Waals surface area (Å²) in [5, 5.41) is 13.5. The van der Waals surface area contributed by atoms with Crippen molar-refractivity contribution in [3.8, 4) is 6.07 Å². The molecule has 18 heavy (non-hydrogen) atoms. The van der Waals surface area contributed by atoms with Crippen LogP contribution in [0.4, 0.5) is 0 Å². The van der Waals surface area contributed by atoms with Crippen molar-refractivity contribution < 1.29 is 9.59 Å². The second-order valence-electron chi connectivity index (χ2n) is 4.45. The number of hydrogen-bond donors (Lipinski definition) is 3. The van der Waals surface area contributed by atoms with E-state index >= 15 is 0 Å². The van der Waals surface area contributed by atoms with E-state index in [1.807, 2.05) is 19.9 Å². The summed E-state index contributed by atoms with van der Waals surface area (Å²) in [6.07, 6.45) is 2.02. The lowest BCUT2D eigenvalue weighted by Gasteiger charge is -2.15. The minimum Gasteiger partial charge on any atom is -0.355 e. The Labute approximate surface area is 108 Å². The van der Waals surface area contributed by atoms with Gasteiger partial charge in [-0.25, -0.2) is 0 Å². The lowest BCUT2D eigenvalue weighted by Crippen LogP contribution is -2.47. The Kier molecular flexibility index (Phi) is 8.58. The molecule has 0 aliphatic rings. The van der Waals surface area contributed by atoms with E-state index in [1.54, 1.807) is 0 Å². The molecule has 4 N–H and O–H groups in total. The zero-order chi connectivity index (χ0) is 14.0. The van der Waals surface area contributed by atoms with Crippen molar-refractivity contribution in [3.63, 3.8) is 0 Å². The Bertz CT molecular complexity index is 310. The van der Waals surface area contributed by atoms with Gasteiger partial charge in [-0.3, -0.25) is 9.59 Å². The van der Waals surface area contributed by atoms with Crippen molar-refractivity contribution in [1.29, 1.82) is 5.26 Å². The van der Waals surface area contributed by atoms with E-state index in [4.69, 9.17) is 11.0 Å². The van der Waals surface area contributed by atoms with Gasteiger partial charge in [-0.1, -0.05) is 13.8 Å². The second-order valence-corrected chi connectivity index (χ2v) is 4.45. The van der Waals surface area contributed by atoms with E-state index in [0.29, 0.717) is 13.0 Å². The van der Waals surface area contributed by atoms with Crippen LogP contribution in [0, 0.1) is 17.2 Å². The fourth-order valence-corrected chi connectivity index (χ4v) is 1.21. The van der Waals surface area contributed by atoms with Gasteiger partial charge in [0.2, 0.25) is 11.8 Å². The molecule has 0 aromatic rings. The molecule has 0 radical (unpaired) electrons. The number of nitrogens with zero attached hydrogens (tertiary/aromatic N) is 1. The standard InChI is InChI=1S/C12H22N4O2/c1-9(2)11(14)12(18)16-8-10(17)15-7-5-3-4-6-13/h9,11H,3-5,7-8,14H2,1-2H3,(H,15,17)(H,16,18)/t11-/m0/s1. The topological polar surface area (TPSA) is 108 Å². The molecule has 6 heteroatoms. The number of carbonyl (C=O) groups is 2. The summed E-state index contributed by atoms with van der Waals surface area (Å²) in [6.45, 7) is 4.16. The predicted octanol–water partition coefficient (Wildman–Crippen LogP) is -0.104. The van der Waals surface area contributed by atoms with Crippen molar-refractivity contribution in [2.75, 3.05) is 13.1 Å². The van der Waals surface area contributed by atoms with E-state index in [9.17, 15) is 9.59 Å². The van der Waals surface area contributed by atoms with E-state index in [0.717, 1.165) is 12.8 Å². The molecule has 2 amide bonds. The molecule has 6 nitrogen and oxygen atoms in total. The summed E-state index contributed by atoms with van der Waals surface area (Å²) in [6, 6.07) is 1.45. The van der Waals surface area contributed by atoms with E-state index < -0.39 is 6.04 Å². The van der Waals surface area contributed by atoms with E-state index in [-0.39, 0.29) is 24.3 Å². The molecule has 0 unspecified atom stereocenters.